The summed E-state index contributed by atoms with van der Waals surface area (Å²) in [5, 5.41) is 21.8. The van der Waals surface area contributed by atoms with E-state index in [4.69, 9.17) is 0 Å². The molecule has 2 atom stereocenters. The van der Waals surface area contributed by atoms with Crippen molar-refractivity contribution >= 4 is 13.9 Å². The van der Waals surface area contributed by atoms with Gasteiger partial charge in [-0.1, -0.05) is 64.4 Å². The van der Waals surface area contributed by atoms with Crippen molar-refractivity contribution in [2.45, 2.75) is 51.8 Å². The van der Waals surface area contributed by atoms with Crippen molar-refractivity contribution in [3.8, 4) is 5.75 Å². The summed E-state index contributed by atoms with van der Waals surface area (Å²) < 4.78 is 0. The van der Waals surface area contributed by atoms with Crippen LogP contribution < -0.4 is 5.30 Å². The van der Waals surface area contributed by atoms with E-state index < -0.39 is 5.60 Å². The Labute approximate surface area is 141 Å². The smallest absolute Gasteiger partial charge is 0.119 e. The highest BCUT2D eigenvalue weighted by atomic mass is 31.1. The summed E-state index contributed by atoms with van der Waals surface area (Å²) in [6, 6.07) is 13.9. The van der Waals surface area contributed by atoms with Crippen molar-refractivity contribution in [1.29, 1.82) is 0 Å². The van der Waals surface area contributed by atoms with E-state index in [-0.39, 0.29) is 5.16 Å². The zero-order valence-corrected chi connectivity index (χ0v) is 15.6. The highest BCUT2D eigenvalue weighted by Crippen LogP contribution is 2.48. The lowest BCUT2D eigenvalue weighted by Gasteiger charge is -2.32. The summed E-state index contributed by atoms with van der Waals surface area (Å²) in [7, 11) is 0.471. The minimum absolute atomic E-state index is 0.155. The molecule has 0 amide bonds. The molecule has 0 aliphatic rings. The fourth-order valence-corrected chi connectivity index (χ4v) is 4.67. The number of phenolic OH excluding ortho intramolecular Hbond substituents is 1. The molecule has 0 radical (unpaired) electrons. The summed E-state index contributed by atoms with van der Waals surface area (Å²) in [5.41, 5.74) is 2.24. The van der Waals surface area contributed by atoms with Crippen LogP contribution in [0.3, 0.4) is 0 Å². The fourth-order valence-electron chi connectivity index (χ4n) is 2.86. The van der Waals surface area contributed by atoms with E-state index in [2.05, 4.69) is 26.0 Å². The zero-order chi connectivity index (χ0) is 17.3. The summed E-state index contributed by atoms with van der Waals surface area (Å²) in [4.78, 5) is 0. The van der Waals surface area contributed by atoms with E-state index in [9.17, 15) is 10.2 Å². The van der Waals surface area contributed by atoms with Gasteiger partial charge in [0.1, 0.15) is 5.75 Å². The van der Waals surface area contributed by atoms with Gasteiger partial charge in [-0.15, -0.1) is 0 Å². The van der Waals surface area contributed by atoms with E-state index in [1.165, 1.54) is 0 Å². The molecule has 3 heteroatoms. The van der Waals surface area contributed by atoms with Gasteiger partial charge >= 0.3 is 0 Å². The number of rotatable bonds is 5. The third-order valence-corrected chi connectivity index (χ3v) is 6.33. The molecule has 2 aromatic carbocycles. The molecule has 124 valence electrons. The van der Waals surface area contributed by atoms with Crippen molar-refractivity contribution in [2.75, 3.05) is 0 Å². The number of aliphatic hydroxyl groups is 1. The first kappa shape index (κ1) is 18.0. The third-order valence-electron chi connectivity index (χ3n) is 4.45. The Morgan fingerprint density at radius 1 is 1.00 bits per heavy atom. The molecule has 0 spiro atoms. The van der Waals surface area contributed by atoms with E-state index in [0.29, 0.717) is 14.3 Å². The molecule has 0 saturated carbocycles. The summed E-state index contributed by atoms with van der Waals surface area (Å²) >= 11 is 0. The van der Waals surface area contributed by atoms with Gasteiger partial charge in [-0.25, -0.2) is 0 Å². The van der Waals surface area contributed by atoms with Crippen molar-refractivity contribution in [2.24, 2.45) is 0 Å². The molecular weight excluding hydrogens is 303 g/mol. The quantitative estimate of drug-likeness (QED) is 0.789. The number of aryl methyl sites for hydroxylation is 1. The monoisotopic (exact) mass is 330 g/mol. The van der Waals surface area contributed by atoms with Crippen LogP contribution in [-0.4, -0.2) is 10.2 Å². The van der Waals surface area contributed by atoms with Crippen LogP contribution in [-0.2, 0) is 10.8 Å². The Morgan fingerprint density at radius 3 is 2.26 bits per heavy atom. The molecule has 2 aromatic rings. The van der Waals surface area contributed by atoms with Crippen LogP contribution >= 0.6 is 8.58 Å². The summed E-state index contributed by atoms with van der Waals surface area (Å²) in [6.07, 6.45) is 0.919. The van der Waals surface area contributed by atoms with Crippen LogP contribution in [0.4, 0.5) is 0 Å². The molecule has 0 aliphatic carbocycles. The molecule has 23 heavy (non-hydrogen) atoms. The second-order valence-corrected chi connectivity index (χ2v) is 8.83. The van der Waals surface area contributed by atoms with Crippen molar-refractivity contribution in [1.82, 2.24) is 0 Å². The van der Waals surface area contributed by atoms with Crippen LogP contribution in [0.2, 0.25) is 0 Å². The first-order valence-electron chi connectivity index (χ1n) is 8.07. The number of benzene rings is 2. The van der Waals surface area contributed by atoms with Gasteiger partial charge in [0, 0.05) is 10.7 Å². The second-order valence-electron chi connectivity index (χ2n) is 6.94. The van der Waals surface area contributed by atoms with Crippen LogP contribution in [0.1, 0.15) is 50.8 Å². The SMILES string of the molecule is CCC(C)(Pc1ccccc1C(C)(C)O)c1cc(C)ccc1O. The van der Waals surface area contributed by atoms with Crippen molar-refractivity contribution < 1.29 is 10.2 Å². The van der Waals surface area contributed by atoms with Crippen LogP contribution in [0, 0.1) is 6.92 Å². The van der Waals surface area contributed by atoms with Crippen LogP contribution in [0.15, 0.2) is 42.5 Å². The first-order valence-corrected chi connectivity index (χ1v) is 9.07. The Kier molecular flexibility index (Phi) is 5.18. The molecule has 0 aromatic heterocycles. The lowest BCUT2D eigenvalue weighted by Crippen LogP contribution is -2.26. The molecule has 0 saturated heterocycles. The topological polar surface area (TPSA) is 40.5 Å². The predicted octanol–water partition coefficient (Wildman–Crippen LogP) is 4.56. The van der Waals surface area contributed by atoms with Gasteiger partial charge in [-0.05, 0) is 44.1 Å². The average molecular weight is 330 g/mol. The average Bonchev–Trinajstić information content (AvgIpc) is 2.49. The zero-order valence-electron chi connectivity index (χ0n) is 14.6. The van der Waals surface area contributed by atoms with Gasteiger partial charge in [0.2, 0.25) is 0 Å². The molecule has 0 heterocycles. The lowest BCUT2D eigenvalue weighted by atomic mass is 9.95. The van der Waals surface area contributed by atoms with Gasteiger partial charge < -0.3 is 10.2 Å². The van der Waals surface area contributed by atoms with Gasteiger partial charge in [0.25, 0.3) is 0 Å². The number of hydrogen-bond acceptors (Lipinski definition) is 2. The Hall–Kier alpha value is -1.37. The number of phenols is 1. The molecule has 2 N–H and O–H groups in total. The maximum absolute atomic E-state index is 10.5. The molecular formula is C20H27O2P. The first-order chi connectivity index (χ1) is 10.7. The van der Waals surface area contributed by atoms with Gasteiger partial charge in [-0.3, -0.25) is 0 Å². The van der Waals surface area contributed by atoms with Crippen molar-refractivity contribution in [3.63, 3.8) is 0 Å². The highest BCUT2D eigenvalue weighted by Gasteiger charge is 2.30. The van der Waals surface area contributed by atoms with E-state index in [0.717, 1.165) is 28.4 Å². The standard InChI is InChI=1S/C20H27O2P/c1-6-20(5,16-13-14(2)11-12-17(16)21)23-18-10-8-7-9-15(18)19(3,4)22/h7-13,21-23H,6H2,1-5H3. The third kappa shape index (κ3) is 3.94. The number of aromatic hydroxyl groups is 1. The molecule has 0 bridgehead atoms. The van der Waals surface area contributed by atoms with Crippen LogP contribution in [0.5, 0.6) is 5.75 Å². The molecule has 0 fully saturated rings. The van der Waals surface area contributed by atoms with E-state index >= 15 is 0 Å². The molecule has 2 rings (SSSR count). The minimum atomic E-state index is -0.868. The lowest BCUT2D eigenvalue weighted by molar-refractivity contribution is 0.0797. The predicted molar refractivity (Wildman–Crippen MR) is 100 cm³/mol. The normalized spacial score (nSPS) is 15.0. The van der Waals surface area contributed by atoms with Gasteiger partial charge in [0.15, 0.2) is 0 Å². The van der Waals surface area contributed by atoms with E-state index in [1.807, 2.05) is 45.0 Å². The fraction of sp³-hybridized carbons (Fsp3) is 0.400. The Bertz CT molecular complexity index is 688. The maximum atomic E-state index is 10.5. The van der Waals surface area contributed by atoms with E-state index in [1.54, 1.807) is 6.07 Å². The Balaban J connectivity index is 2.50. The van der Waals surface area contributed by atoms with Gasteiger partial charge in [-0.2, -0.15) is 0 Å². The summed E-state index contributed by atoms with van der Waals surface area (Å²) in [5.74, 6) is 0.355. The largest absolute Gasteiger partial charge is 0.508 e. The maximum Gasteiger partial charge on any atom is 0.119 e. The molecule has 2 unspecified atom stereocenters. The van der Waals surface area contributed by atoms with Gasteiger partial charge in [0.05, 0.1) is 5.60 Å². The van der Waals surface area contributed by atoms with Crippen LogP contribution in [0.25, 0.3) is 0 Å². The minimum Gasteiger partial charge on any atom is -0.508 e. The summed E-state index contributed by atoms with van der Waals surface area (Å²) in [6.45, 7) is 10.0. The molecule has 2 nitrogen and oxygen atoms in total. The molecule has 0 aliphatic heterocycles. The number of hydrogen-bond donors (Lipinski definition) is 2. The highest BCUT2D eigenvalue weighted by molar-refractivity contribution is 7.48. The Morgan fingerprint density at radius 2 is 1.65 bits per heavy atom. The van der Waals surface area contributed by atoms with Crippen molar-refractivity contribution in [3.05, 3.63) is 59.2 Å². The second kappa shape index (κ2) is 6.63.